The minimum Gasteiger partial charge on any atom is -0.362 e. The van der Waals surface area contributed by atoms with Gasteiger partial charge in [0, 0.05) is 12.2 Å². The predicted molar refractivity (Wildman–Crippen MR) is 84.1 cm³/mol. The predicted octanol–water partition coefficient (Wildman–Crippen LogP) is 4.52. The summed E-state index contributed by atoms with van der Waals surface area (Å²) >= 11 is 0. The third kappa shape index (κ3) is 1.69. The molecule has 2 aromatic carbocycles. The lowest BCUT2D eigenvalue weighted by atomic mass is 9.74. The van der Waals surface area contributed by atoms with Gasteiger partial charge in [-0.3, -0.25) is 0 Å². The van der Waals surface area contributed by atoms with Crippen LogP contribution in [0.3, 0.4) is 0 Å². The topological polar surface area (TPSA) is 3.24 Å². The van der Waals surface area contributed by atoms with Crippen LogP contribution in [-0.2, 0) is 12.0 Å². The Morgan fingerprint density at radius 3 is 2.40 bits per heavy atom. The fourth-order valence-electron chi connectivity index (χ4n) is 4.08. The molecule has 2 aromatic rings. The summed E-state index contributed by atoms with van der Waals surface area (Å²) in [5.74, 6) is 0. The third-order valence-electron chi connectivity index (χ3n) is 5.14. The molecule has 0 saturated carbocycles. The molecule has 0 amide bonds. The van der Waals surface area contributed by atoms with E-state index >= 15 is 0 Å². The number of nitrogens with zero attached hydrogens (tertiary/aromatic N) is 1. The van der Waals surface area contributed by atoms with E-state index < -0.39 is 0 Å². The number of benzene rings is 2. The average Bonchev–Trinajstić information content (AvgIpc) is 2.68. The Labute approximate surface area is 121 Å². The SMILES string of the molecule is c1ccc(N2CCC23CCCCc2ccccc23)cc1. The van der Waals surface area contributed by atoms with Gasteiger partial charge in [0.25, 0.3) is 0 Å². The molecule has 1 nitrogen and oxygen atoms in total. The van der Waals surface area contributed by atoms with Gasteiger partial charge in [0.05, 0.1) is 5.54 Å². The van der Waals surface area contributed by atoms with Crippen LogP contribution in [-0.4, -0.2) is 6.54 Å². The Balaban J connectivity index is 1.80. The Morgan fingerprint density at radius 1 is 0.800 bits per heavy atom. The Kier molecular flexibility index (Phi) is 2.80. The second kappa shape index (κ2) is 4.66. The Morgan fingerprint density at radius 2 is 1.60 bits per heavy atom. The van der Waals surface area contributed by atoms with E-state index in [9.17, 15) is 0 Å². The number of hydrogen-bond acceptors (Lipinski definition) is 1. The first-order valence-electron chi connectivity index (χ1n) is 7.81. The molecule has 1 fully saturated rings. The normalized spacial score (nSPS) is 24.9. The fraction of sp³-hybridized carbons (Fsp3) is 0.368. The standard InChI is InChI=1S/C19H21N/c1-2-10-17(11-3-1)20-15-14-19(20)13-7-6-9-16-8-4-5-12-18(16)19/h1-5,8,10-12H,6-7,9,13-15H2. The molecular weight excluding hydrogens is 242 g/mol. The van der Waals surface area contributed by atoms with Crippen LogP contribution in [0.5, 0.6) is 0 Å². The van der Waals surface area contributed by atoms with Crippen molar-refractivity contribution in [3.8, 4) is 0 Å². The lowest BCUT2D eigenvalue weighted by Gasteiger charge is -2.55. The first-order chi connectivity index (χ1) is 9.90. The zero-order chi connectivity index (χ0) is 13.4. The van der Waals surface area contributed by atoms with E-state index in [-0.39, 0.29) is 5.54 Å². The molecular formula is C19H21N. The zero-order valence-corrected chi connectivity index (χ0v) is 11.9. The molecule has 2 aliphatic rings. The van der Waals surface area contributed by atoms with Crippen molar-refractivity contribution < 1.29 is 0 Å². The number of rotatable bonds is 1. The first-order valence-corrected chi connectivity index (χ1v) is 7.81. The quantitative estimate of drug-likeness (QED) is 0.731. The molecule has 0 aromatic heterocycles. The zero-order valence-electron chi connectivity index (χ0n) is 11.9. The highest BCUT2D eigenvalue weighted by Gasteiger charge is 2.47. The van der Waals surface area contributed by atoms with Gasteiger partial charge < -0.3 is 4.90 Å². The second-order valence-electron chi connectivity index (χ2n) is 6.13. The van der Waals surface area contributed by atoms with Gasteiger partial charge in [0.2, 0.25) is 0 Å². The molecule has 0 bridgehead atoms. The minimum absolute atomic E-state index is 0.272. The first kappa shape index (κ1) is 12.0. The molecule has 20 heavy (non-hydrogen) atoms. The number of fused-ring (bicyclic) bond motifs is 2. The molecule has 1 unspecified atom stereocenters. The van der Waals surface area contributed by atoms with E-state index in [4.69, 9.17) is 0 Å². The summed E-state index contributed by atoms with van der Waals surface area (Å²) < 4.78 is 0. The van der Waals surface area contributed by atoms with Crippen LogP contribution in [0.4, 0.5) is 5.69 Å². The van der Waals surface area contributed by atoms with E-state index in [1.807, 2.05) is 0 Å². The summed E-state index contributed by atoms with van der Waals surface area (Å²) in [6.07, 6.45) is 6.54. The molecule has 1 heterocycles. The fourth-order valence-corrected chi connectivity index (χ4v) is 4.08. The van der Waals surface area contributed by atoms with Crippen molar-refractivity contribution in [2.24, 2.45) is 0 Å². The van der Waals surface area contributed by atoms with Crippen LogP contribution < -0.4 is 4.90 Å². The van der Waals surface area contributed by atoms with Crippen molar-refractivity contribution in [2.45, 2.75) is 37.6 Å². The maximum atomic E-state index is 2.64. The molecule has 1 spiro atoms. The van der Waals surface area contributed by atoms with Crippen molar-refractivity contribution in [1.82, 2.24) is 0 Å². The monoisotopic (exact) mass is 263 g/mol. The molecule has 1 atom stereocenters. The number of aryl methyl sites for hydroxylation is 1. The summed E-state index contributed by atoms with van der Waals surface area (Å²) in [6.45, 7) is 1.19. The summed E-state index contributed by atoms with van der Waals surface area (Å²) in [4.78, 5) is 2.64. The number of hydrogen-bond donors (Lipinski definition) is 0. The smallest absolute Gasteiger partial charge is 0.0673 e. The van der Waals surface area contributed by atoms with Crippen LogP contribution in [0.1, 0.15) is 36.8 Å². The van der Waals surface area contributed by atoms with Crippen molar-refractivity contribution in [2.75, 3.05) is 11.4 Å². The number of para-hydroxylation sites is 1. The minimum atomic E-state index is 0.272. The molecule has 102 valence electrons. The van der Waals surface area contributed by atoms with Gasteiger partial charge in [-0.2, -0.15) is 0 Å². The van der Waals surface area contributed by atoms with E-state index in [2.05, 4.69) is 59.5 Å². The summed E-state index contributed by atoms with van der Waals surface area (Å²) in [5.41, 5.74) is 4.82. The lowest BCUT2D eigenvalue weighted by molar-refractivity contribution is 0.256. The third-order valence-corrected chi connectivity index (χ3v) is 5.14. The molecule has 1 aliphatic carbocycles. The van der Waals surface area contributed by atoms with Crippen LogP contribution in [0.15, 0.2) is 54.6 Å². The van der Waals surface area contributed by atoms with E-state index in [0.29, 0.717) is 0 Å². The van der Waals surface area contributed by atoms with Crippen molar-refractivity contribution in [3.05, 3.63) is 65.7 Å². The molecule has 0 N–H and O–H groups in total. The van der Waals surface area contributed by atoms with Gasteiger partial charge in [0.15, 0.2) is 0 Å². The van der Waals surface area contributed by atoms with Crippen LogP contribution in [0, 0.1) is 0 Å². The highest BCUT2D eigenvalue weighted by molar-refractivity contribution is 5.56. The molecule has 0 radical (unpaired) electrons. The van der Waals surface area contributed by atoms with Gasteiger partial charge in [-0.15, -0.1) is 0 Å². The summed E-state index contributed by atoms with van der Waals surface area (Å²) in [7, 11) is 0. The van der Waals surface area contributed by atoms with E-state index in [1.165, 1.54) is 44.3 Å². The van der Waals surface area contributed by atoms with Crippen LogP contribution in [0.25, 0.3) is 0 Å². The number of anilines is 1. The molecule has 1 heteroatoms. The maximum absolute atomic E-state index is 2.64. The Hall–Kier alpha value is -1.76. The molecule has 1 aliphatic heterocycles. The van der Waals surface area contributed by atoms with Crippen LogP contribution in [0.2, 0.25) is 0 Å². The second-order valence-corrected chi connectivity index (χ2v) is 6.13. The molecule has 1 saturated heterocycles. The van der Waals surface area contributed by atoms with Gasteiger partial charge in [0.1, 0.15) is 0 Å². The Bertz CT molecular complexity index is 604. The van der Waals surface area contributed by atoms with Crippen LogP contribution >= 0.6 is 0 Å². The lowest BCUT2D eigenvalue weighted by Crippen LogP contribution is -2.57. The average molecular weight is 263 g/mol. The van der Waals surface area contributed by atoms with E-state index in [0.717, 1.165) is 0 Å². The largest absolute Gasteiger partial charge is 0.362 e. The van der Waals surface area contributed by atoms with E-state index in [1.54, 1.807) is 11.1 Å². The summed E-state index contributed by atoms with van der Waals surface area (Å²) in [6, 6.07) is 20.1. The van der Waals surface area contributed by atoms with Gasteiger partial charge in [-0.1, -0.05) is 48.9 Å². The van der Waals surface area contributed by atoms with Crippen molar-refractivity contribution in [1.29, 1.82) is 0 Å². The van der Waals surface area contributed by atoms with Crippen molar-refractivity contribution >= 4 is 5.69 Å². The van der Waals surface area contributed by atoms with Gasteiger partial charge in [-0.05, 0) is 48.9 Å². The summed E-state index contributed by atoms with van der Waals surface area (Å²) in [5, 5.41) is 0. The van der Waals surface area contributed by atoms with Crippen molar-refractivity contribution in [3.63, 3.8) is 0 Å². The maximum Gasteiger partial charge on any atom is 0.0673 e. The molecule has 4 rings (SSSR count). The van der Waals surface area contributed by atoms with Gasteiger partial charge in [-0.25, -0.2) is 0 Å². The highest BCUT2D eigenvalue weighted by Crippen LogP contribution is 2.49. The highest BCUT2D eigenvalue weighted by atomic mass is 15.3. The van der Waals surface area contributed by atoms with Gasteiger partial charge >= 0.3 is 0 Å².